The Hall–Kier alpha value is -2.81. The summed E-state index contributed by atoms with van der Waals surface area (Å²) in [5.74, 6) is -3.43. The normalized spacial score (nSPS) is 13.9. The summed E-state index contributed by atoms with van der Waals surface area (Å²) >= 11 is 0. The monoisotopic (exact) mass is 615 g/mol. The molecule has 0 saturated heterocycles. The van der Waals surface area contributed by atoms with Crippen LogP contribution < -0.4 is 38.5 Å². The molecule has 0 aliphatic rings. The first-order chi connectivity index (χ1) is 20.5. The molecule has 14 nitrogen and oxygen atoms in total. The first-order valence-corrected chi connectivity index (χ1v) is 15.6. The Morgan fingerprint density at radius 2 is 1.02 bits per heavy atom. The van der Waals surface area contributed by atoms with E-state index in [1.807, 2.05) is 13.8 Å². The number of hydrogen-bond donors (Lipinski definition) is 9. The Bertz CT molecular complexity index is 829. The SMILES string of the molecule is CC(C)C[C@H](NC(=O)[C@H](CCCCN)NC(=O)[C@H](CO)NC(=O)CCCCCCCCCCN)C(=O)N[C@@H](CO)C(N)=O. The third-order valence-corrected chi connectivity index (χ3v) is 6.95. The molecule has 0 aromatic heterocycles. The van der Waals surface area contributed by atoms with Gasteiger partial charge in [-0.15, -0.1) is 0 Å². The van der Waals surface area contributed by atoms with Gasteiger partial charge in [0.1, 0.15) is 24.2 Å². The Labute approximate surface area is 256 Å². The van der Waals surface area contributed by atoms with E-state index in [9.17, 15) is 34.2 Å². The zero-order valence-corrected chi connectivity index (χ0v) is 26.1. The molecule has 0 saturated carbocycles. The van der Waals surface area contributed by atoms with Crippen LogP contribution >= 0.6 is 0 Å². The smallest absolute Gasteiger partial charge is 0.245 e. The van der Waals surface area contributed by atoms with E-state index in [4.69, 9.17) is 17.2 Å². The molecule has 43 heavy (non-hydrogen) atoms. The van der Waals surface area contributed by atoms with Gasteiger partial charge in [-0.05, 0) is 57.5 Å². The average molecular weight is 616 g/mol. The molecule has 0 heterocycles. The van der Waals surface area contributed by atoms with Gasteiger partial charge in [-0.1, -0.05) is 52.4 Å². The lowest BCUT2D eigenvalue weighted by molar-refractivity contribution is -0.135. The van der Waals surface area contributed by atoms with Crippen molar-refractivity contribution < 1.29 is 34.2 Å². The van der Waals surface area contributed by atoms with Crippen LogP contribution in [0.1, 0.15) is 97.3 Å². The molecule has 0 rings (SSSR count). The van der Waals surface area contributed by atoms with Gasteiger partial charge in [-0.3, -0.25) is 24.0 Å². The number of nitrogens with one attached hydrogen (secondary N) is 4. The van der Waals surface area contributed by atoms with E-state index in [1.54, 1.807) is 0 Å². The van der Waals surface area contributed by atoms with Crippen molar-refractivity contribution >= 4 is 29.5 Å². The lowest BCUT2D eigenvalue weighted by Gasteiger charge is -2.26. The van der Waals surface area contributed by atoms with Gasteiger partial charge in [0, 0.05) is 6.42 Å². The number of carbonyl (C=O) groups is 5. The Morgan fingerprint density at radius 1 is 0.581 bits per heavy atom. The Kier molecular flexibility index (Phi) is 23.0. The minimum Gasteiger partial charge on any atom is -0.394 e. The van der Waals surface area contributed by atoms with Crippen molar-refractivity contribution in [1.82, 2.24) is 21.3 Å². The van der Waals surface area contributed by atoms with Crippen molar-refractivity contribution in [2.24, 2.45) is 23.1 Å². The first kappa shape index (κ1) is 40.2. The highest BCUT2D eigenvalue weighted by Crippen LogP contribution is 2.10. The number of amides is 5. The van der Waals surface area contributed by atoms with Crippen LogP contribution in [0, 0.1) is 5.92 Å². The summed E-state index contributed by atoms with van der Waals surface area (Å²) in [5, 5.41) is 29.2. The second kappa shape index (κ2) is 24.6. The van der Waals surface area contributed by atoms with Crippen LogP contribution in [-0.2, 0) is 24.0 Å². The molecule has 0 radical (unpaired) electrons. The number of aliphatic hydroxyl groups excluding tert-OH is 2. The lowest BCUT2D eigenvalue weighted by Crippen LogP contribution is -2.59. The van der Waals surface area contributed by atoms with Gasteiger partial charge in [0.25, 0.3) is 0 Å². The molecule has 14 heteroatoms. The van der Waals surface area contributed by atoms with Crippen molar-refractivity contribution in [2.45, 2.75) is 121 Å². The van der Waals surface area contributed by atoms with E-state index in [0.29, 0.717) is 32.4 Å². The molecule has 0 bridgehead atoms. The Balaban J connectivity index is 5.16. The maximum absolute atomic E-state index is 13.3. The predicted molar refractivity (Wildman–Crippen MR) is 164 cm³/mol. The van der Waals surface area contributed by atoms with Crippen LogP contribution in [0.15, 0.2) is 0 Å². The Morgan fingerprint density at radius 3 is 1.53 bits per heavy atom. The zero-order chi connectivity index (χ0) is 32.6. The average Bonchev–Trinajstić information content (AvgIpc) is 2.96. The highest BCUT2D eigenvalue weighted by atomic mass is 16.3. The fourth-order valence-corrected chi connectivity index (χ4v) is 4.44. The van der Waals surface area contributed by atoms with E-state index in [2.05, 4.69) is 21.3 Å². The quantitative estimate of drug-likeness (QED) is 0.0543. The van der Waals surface area contributed by atoms with Crippen LogP contribution in [0.2, 0.25) is 0 Å². The molecule has 4 atom stereocenters. The lowest BCUT2D eigenvalue weighted by atomic mass is 10.0. The molecule has 0 aliphatic heterocycles. The molecular weight excluding hydrogens is 558 g/mol. The van der Waals surface area contributed by atoms with Crippen molar-refractivity contribution in [1.29, 1.82) is 0 Å². The van der Waals surface area contributed by atoms with Gasteiger partial charge in [-0.25, -0.2) is 0 Å². The van der Waals surface area contributed by atoms with Crippen LogP contribution in [-0.4, -0.2) is 90.2 Å². The van der Waals surface area contributed by atoms with Crippen molar-refractivity contribution in [2.75, 3.05) is 26.3 Å². The summed E-state index contributed by atoms with van der Waals surface area (Å²) in [6, 6.07) is -4.73. The van der Waals surface area contributed by atoms with Crippen molar-refractivity contribution in [3.05, 3.63) is 0 Å². The summed E-state index contributed by atoms with van der Waals surface area (Å²) in [6.45, 7) is 3.40. The molecule has 0 aromatic carbocycles. The van der Waals surface area contributed by atoms with Gasteiger partial charge >= 0.3 is 0 Å². The largest absolute Gasteiger partial charge is 0.394 e. The van der Waals surface area contributed by atoms with Crippen molar-refractivity contribution in [3.63, 3.8) is 0 Å². The number of nitrogens with two attached hydrogens (primary N) is 3. The molecule has 12 N–H and O–H groups in total. The van der Waals surface area contributed by atoms with E-state index in [-0.39, 0.29) is 31.1 Å². The summed E-state index contributed by atoms with van der Waals surface area (Å²) in [6.07, 6.45) is 9.81. The van der Waals surface area contributed by atoms with E-state index in [1.165, 1.54) is 0 Å². The maximum atomic E-state index is 13.3. The summed E-state index contributed by atoms with van der Waals surface area (Å²) in [4.78, 5) is 63.0. The maximum Gasteiger partial charge on any atom is 0.245 e. The van der Waals surface area contributed by atoms with Gasteiger partial charge in [0.2, 0.25) is 29.5 Å². The molecule has 0 spiro atoms. The third-order valence-electron chi connectivity index (χ3n) is 6.95. The number of aliphatic hydroxyl groups is 2. The first-order valence-electron chi connectivity index (χ1n) is 15.6. The molecule has 0 unspecified atom stereocenters. The van der Waals surface area contributed by atoms with Crippen LogP contribution in [0.4, 0.5) is 0 Å². The van der Waals surface area contributed by atoms with Gasteiger partial charge in [0.05, 0.1) is 13.2 Å². The third kappa shape index (κ3) is 19.2. The summed E-state index contributed by atoms with van der Waals surface area (Å²) in [5.41, 5.74) is 16.3. The minimum atomic E-state index is -1.32. The molecule has 0 aromatic rings. The van der Waals surface area contributed by atoms with Gasteiger partial charge in [0.15, 0.2) is 0 Å². The summed E-state index contributed by atoms with van der Waals surface area (Å²) < 4.78 is 0. The van der Waals surface area contributed by atoms with Crippen LogP contribution in [0.25, 0.3) is 0 Å². The standard InChI is InChI=1S/C29H57N7O7/c1-20(2)17-22(28(42)36-23(18-37)26(32)40)35-27(41)21(13-10-12-16-31)34-29(43)24(19-38)33-25(39)14-9-7-5-3-4-6-8-11-15-30/h20-24,37-38H,3-19,30-31H2,1-2H3,(H2,32,40)(H,33,39)(H,34,43)(H,35,41)(H,36,42)/t21-,22-,23-,24-/m0/s1. The highest BCUT2D eigenvalue weighted by Gasteiger charge is 2.31. The van der Waals surface area contributed by atoms with Crippen LogP contribution in [0.5, 0.6) is 0 Å². The van der Waals surface area contributed by atoms with Gasteiger partial charge in [-0.2, -0.15) is 0 Å². The van der Waals surface area contributed by atoms with Gasteiger partial charge < -0.3 is 48.7 Å². The van der Waals surface area contributed by atoms with E-state index >= 15 is 0 Å². The predicted octanol–water partition coefficient (Wildman–Crippen LogP) is -0.960. The second-order valence-corrected chi connectivity index (χ2v) is 11.4. The van der Waals surface area contributed by atoms with E-state index in [0.717, 1.165) is 44.9 Å². The second-order valence-electron chi connectivity index (χ2n) is 11.4. The zero-order valence-electron chi connectivity index (χ0n) is 26.1. The number of unbranched alkanes of at least 4 members (excludes halogenated alkanes) is 8. The van der Waals surface area contributed by atoms with Crippen molar-refractivity contribution in [3.8, 4) is 0 Å². The number of carbonyl (C=O) groups excluding carboxylic acids is 5. The molecular formula is C29H57N7O7. The van der Waals surface area contributed by atoms with Crippen LogP contribution in [0.3, 0.4) is 0 Å². The summed E-state index contributed by atoms with van der Waals surface area (Å²) in [7, 11) is 0. The number of hydrogen-bond acceptors (Lipinski definition) is 9. The molecule has 0 aliphatic carbocycles. The minimum absolute atomic E-state index is 0.0298. The molecule has 250 valence electrons. The van der Waals surface area contributed by atoms with E-state index < -0.39 is 61.0 Å². The fourth-order valence-electron chi connectivity index (χ4n) is 4.44. The number of primary amides is 1. The fraction of sp³-hybridized carbons (Fsp3) is 0.828. The topological polar surface area (TPSA) is 252 Å². The number of rotatable bonds is 26. The highest BCUT2D eigenvalue weighted by molar-refractivity contribution is 5.95. The molecule has 0 fully saturated rings. The molecule has 5 amide bonds.